The zero-order valence-electron chi connectivity index (χ0n) is 5.43. The number of nitrogens with zero attached hydrogens (tertiary/aromatic N) is 1. The summed E-state index contributed by atoms with van der Waals surface area (Å²) in [4.78, 5) is 14.2. The molecule has 0 aliphatic carbocycles. The summed E-state index contributed by atoms with van der Waals surface area (Å²) >= 11 is 7.01. The predicted molar refractivity (Wildman–Crippen MR) is 41.9 cm³/mol. The highest BCUT2D eigenvalue weighted by Crippen LogP contribution is 2.22. The molecular formula is C6H6ClNOS. The maximum Gasteiger partial charge on any atom is 0.170 e. The minimum absolute atomic E-state index is 0.364. The highest BCUT2D eigenvalue weighted by molar-refractivity contribution is 7.16. The Labute approximate surface area is 67.9 Å². The molecule has 1 rings (SSSR count). The van der Waals surface area contributed by atoms with E-state index in [9.17, 15) is 4.79 Å². The summed E-state index contributed by atoms with van der Waals surface area (Å²) < 4.78 is 0.492. The van der Waals surface area contributed by atoms with E-state index < -0.39 is 0 Å². The monoisotopic (exact) mass is 175 g/mol. The van der Waals surface area contributed by atoms with E-state index in [2.05, 4.69) is 4.98 Å². The second-order valence-electron chi connectivity index (χ2n) is 1.74. The van der Waals surface area contributed by atoms with Crippen LogP contribution in [0.4, 0.5) is 0 Å². The van der Waals surface area contributed by atoms with Crippen molar-refractivity contribution < 1.29 is 4.79 Å². The maximum atomic E-state index is 10.2. The van der Waals surface area contributed by atoms with Crippen molar-refractivity contribution in [2.75, 3.05) is 0 Å². The highest BCUT2D eigenvalue weighted by atomic mass is 35.5. The molecule has 0 radical (unpaired) electrons. The molecule has 1 aromatic heterocycles. The fourth-order valence-electron chi connectivity index (χ4n) is 0.581. The third kappa shape index (κ3) is 1.36. The van der Waals surface area contributed by atoms with Crippen molar-refractivity contribution in [1.29, 1.82) is 0 Å². The number of rotatable bonds is 2. The Morgan fingerprint density at radius 3 is 2.80 bits per heavy atom. The number of aromatic nitrogens is 1. The summed E-state index contributed by atoms with van der Waals surface area (Å²) in [5.74, 6) is 0. The fourth-order valence-corrected chi connectivity index (χ4v) is 1.63. The molecule has 54 valence electrons. The zero-order valence-corrected chi connectivity index (χ0v) is 7.00. The first-order valence-corrected chi connectivity index (χ1v) is 4.07. The van der Waals surface area contributed by atoms with Crippen molar-refractivity contribution in [3.63, 3.8) is 0 Å². The van der Waals surface area contributed by atoms with Crippen LogP contribution in [0.2, 0.25) is 4.34 Å². The van der Waals surface area contributed by atoms with Crippen molar-refractivity contribution in [3.8, 4) is 0 Å². The van der Waals surface area contributed by atoms with Gasteiger partial charge in [0.2, 0.25) is 0 Å². The summed E-state index contributed by atoms with van der Waals surface area (Å²) in [5.41, 5.74) is 0.364. The summed E-state index contributed by atoms with van der Waals surface area (Å²) in [6, 6.07) is 0. The van der Waals surface area contributed by atoms with Crippen LogP contribution in [0.15, 0.2) is 0 Å². The molecule has 0 saturated heterocycles. The van der Waals surface area contributed by atoms with Crippen molar-refractivity contribution in [3.05, 3.63) is 15.0 Å². The van der Waals surface area contributed by atoms with Gasteiger partial charge in [0.15, 0.2) is 6.29 Å². The molecule has 0 aromatic carbocycles. The Kier molecular flexibility index (Phi) is 2.40. The number of aryl methyl sites for hydroxylation is 1. The van der Waals surface area contributed by atoms with Gasteiger partial charge in [0, 0.05) is 0 Å². The molecule has 0 bridgehead atoms. The van der Waals surface area contributed by atoms with E-state index in [0.29, 0.717) is 16.3 Å². The van der Waals surface area contributed by atoms with Crippen LogP contribution in [0, 0.1) is 0 Å². The van der Waals surface area contributed by atoms with E-state index in [1.165, 1.54) is 11.3 Å². The van der Waals surface area contributed by atoms with Crippen LogP contribution in [0.3, 0.4) is 0 Å². The van der Waals surface area contributed by atoms with Gasteiger partial charge in [-0.2, -0.15) is 0 Å². The summed E-state index contributed by atoms with van der Waals surface area (Å²) in [7, 11) is 0. The van der Waals surface area contributed by atoms with Gasteiger partial charge in [-0.3, -0.25) is 4.79 Å². The van der Waals surface area contributed by atoms with Gasteiger partial charge in [0.25, 0.3) is 0 Å². The Bertz CT molecular complexity index is 246. The van der Waals surface area contributed by atoms with Gasteiger partial charge in [0.1, 0.15) is 10.0 Å². The lowest BCUT2D eigenvalue weighted by atomic mass is 10.5. The predicted octanol–water partition coefficient (Wildman–Crippen LogP) is 2.17. The third-order valence-electron chi connectivity index (χ3n) is 1.07. The van der Waals surface area contributed by atoms with Crippen LogP contribution in [0.5, 0.6) is 0 Å². The molecule has 0 amide bonds. The molecule has 0 saturated carbocycles. The molecule has 0 spiro atoms. The normalized spacial score (nSPS) is 9.80. The Hall–Kier alpha value is -0.410. The fraction of sp³-hybridized carbons (Fsp3) is 0.333. The highest BCUT2D eigenvalue weighted by Gasteiger charge is 2.05. The third-order valence-corrected chi connectivity index (χ3v) is 2.50. The van der Waals surface area contributed by atoms with Gasteiger partial charge in [0.05, 0.1) is 5.01 Å². The lowest BCUT2D eigenvalue weighted by Crippen LogP contribution is -1.81. The topological polar surface area (TPSA) is 30.0 Å². The number of hydrogen-bond acceptors (Lipinski definition) is 3. The first-order valence-electron chi connectivity index (χ1n) is 2.88. The zero-order chi connectivity index (χ0) is 7.56. The summed E-state index contributed by atoms with van der Waals surface area (Å²) in [6.07, 6.45) is 1.51. The number of thiazole rings is 1. The van der Waals surface area contributed by atoms with Gasteiger partial charge in [-0.25, -0.2) is 4.98 Å². The van der Waals surface area contributed by atoms with Crippen LogP contribution in [-0.2, 0) is 6.42 Å². The molecule has 1 aromatic rings. The first kappa shape index (κ1) is 7.69. The Balaban J connectivity index is 3.03. The van der Waals surface area contributed by atoms with E-state index >= 15 is 0 Å². The second-order valence-corrected chi connectivity index (χ2v) is 3.42. The van der Waals surface area contributed by atoms with Gasteiger partial charge in [-0.15, -0.1) is 11.3 Å². The molecule has 0 fully saturated rings. The van der Waals surface area contributed by atoms with Crippen molar-refractivity contribution >= 4 is 29.2 Å². The van der Waals surface area contributed by atoms with E-state index in [1.807, 2.05) is 6.92 Å². The minimum atomic E-state index is 0.364. The van der Waals surface area contributed by atoms with E-state index in [1.54, 1.807) is 0 Å². The van der Waals surface area contributed by atoms with E-state index in [4.69, 9.17) is 11.6 Å². The van der Waals surface area contributed by atoms with Gasteiger partial charge in [-0.05, 0) is 6.42 Å². The molecule has 4 heteroatoms. The van der Waals surface area contributed by atoms with Crippen molar-refractivity contribution in [2.45, 2.75) is 13.3 Å². The Morgan fingerprint density at radius 2 is 2.50 bits per heavy atom. The SMILES string of the molecule is CCc1nc(C=O)c(Cl)s1. The van der Waals surface area contributed by atoms with Crippen LogP contribution in [0.25, 0.3) is 0 Å². The van der Waals surface area contributed by atoms with Gasteiger partial charge < -0.3 is 0 Å². The quantitative estimate of drug-likeness (QED) is 0.645. The largest absolute Gasteiger partial charge is 0.296 e. The lowest BCUT2D eigenvalue weighted by Gasteiger charge is -1.78. The number of carbonyl (C=O) groups is 1. The van der Waals surface area contributed by atoms with Crippen LogP contribution >= 0.6 is 22.9 Å². The molecule has 10 heavy (non-hydrogen) atoms. The van der Waals surface area contributed by atoms with Gasteiger partial charge >= 0.3 is 0 Å². The standard InChI is InChI=1S/C6H6ClNOS/c1-2-5-8-4(3-9)6(7)10-5/h3H,2H2,1H3. The summed E-state index contributed by atoms with van der Waals surface area (Å²) in [6.45, 7) is 1.98. The molecule has 1 heterocycles. The molecule has 0 N–H and O–H groups in total. The number of halogens is 1. The Morgan fingerprint density at radius 1 is 1.80 bits per heavy atom. The number of aldehydes is 1. The van der Waals surface area contributed by atoms with Crippen LogP contribution in [0.1, 0.15) is 22.4 Å². The van der Waals surface area contributed by atoms with Crippen molar-refractivity contribution in [2.24, 2.45) is 0 Å². The molecule has 0 atom stereocenters. The lowest BCUT2D eigenvalue weighted by molar-refractivity contribution is 0.111. The van der Waals surface area contributed by atoms with Gasteiger partial charge in [-0.1, -0.05) is 18.5 Å². The minimum Gasteiger partial charge on any atom is -0.296 e. The molecule has 2 nitrogen and oxygen atoms in total. The van der Waals surface area contributed by atoms with Crippen LogP contribution < -0.4 is 0 Å². The molecular weight excluding hydrogens is 170 g/mol. The molecule has 0 aliphatic heterocycles. The average molecular weight is 176 g/mol. The maximum absolute atomic E-state index is 10.2. The van der Waals surface area contributed by atoms with E-state index in [0.717, 1.165) is 11.4 Å². The average Bonchev–Trinajstić information content (AvgIpc) is 2.30. The van der Waals surface area contributed by atoms with Crippen molar-refractivity contribution in [1.82, 2.24) is 4.98 Å². The molecule has 0 unspecified atom stereocenters. The summed E-state index contributed by atoms with van der Waals surface area (Å²) in [5, 5.41) is 0.909. The van der Waals surface area contributed by atoms with Crippen LogP contribution in [-0.4, -0.2) is 11.3 Å². The second kappa shape index (κ2) is 3.12. The first-order chi connectivity index (χ1) is 4.77. The van der Waals surface area contributed by atoms with E-state index in [-0.39, 0.29) is 0 Å². The smallest absolute Gasteiger partial charge is 0.170 e. The number of carbonyl (C=O) groups excluding carboxylic acids is 1. The molecule has 0 aliphatic rings. The number of hydrogen-bond donors (Lipinski definition) is 0.